The van der Waals surface area contributed by atoms with Gasteiger partial charge in [-0.25, -0.2) is 0 Å². The summed E-state index contributed by atoms with van der Waals surface area (Å²) in [6.07, 6.45) is 2.61. The van der Waals surface area contributed by atoms with Crippen LogP contribution in [0.4, 0.5) is 0 Å². The molecule has 0 spiro atoms. The van der Waals surface area contributed by atoms with Gasteiger partial charge in [0.1, 0.15) is 0 Å². The number of rotatable bonds is 3. The first kappa shape index (κ1) is 18.2. The third-order valence-electron chi connectivity index (χ3n) is 4.76. The standard InChI is InChI=1S/C18H24BrClN2O2/c1-12-9-21(10-13(2)24-12)11-15-4-3-7-22(15)18(23)16-6-5-14(19)8-17(16)20/h5-6,8,12-13,15H,3-4,7,9-11H2,1-2H3. The summed E-state index contributed by atoms with van der Waals surface area (Å²) in [5.41, 5.74) is 0.593. The van der Waals surface area contributed by atoms with Crippen LogP contribution in [0, 0.1) is 0 Å². The number of hydrogen-bond acceptors (Lipinski definition) is 3. The van der Waals surface area contributed by atoms with Crippen molar-refractivity contribution in [2.45, 2.75) is 44.9 Å². The summed E-state index contributed by atoms with van der Waals surface area (Å²) in [4.78, 5) is 17.4. The van der Waals surface area contributed by atoms with Crippen molar-refractivity contribution >= 4 is 33.4 Å². The molecule has 4 nitrogen and oxygen atoms in total. The zero-order valence-corrected chi connectivity index (χ0v) is 16.5. The summed E-state index contributed by atoms with van der Waals surface area (Å²) in [6.45, 7) is 7.82. The average molecular weight is 416 g/mol. The first-order valence-corrected chi connectivity index (χ1v) is 9.75. The van der Waals surface area contributed by atoms with Crippen LogP contribution in [0.15, 0.2) is 22.7 Å². The zero-order chi connectivity index (χ0) is 17.3. The fraction of sp³-hybridized carbons (Fsp3) is 0.611. The summed E-state index contributed by atoms with van der Waals surface area (Å²) in [7, 11) is 0. The number of halogens is 2. The maximum absolute atomic E-state index is 12.9. The van der Waals surface area contributed by atoms with Crippen molar-refractivity contribution < 1.29 is 9.53 Å². The number of amides is 1. The van der Waals surface area contributed by atoms with E-state index in [-0.39, 0.29) is 24.2 Å². The van der Waals surface area contributed by atoms with Gasteiger partial charge in [-0.05, 0) is 44.9 Å². The molecule has 1 aromatic carbocycles. The number of carbonyl (C=O) groups is 1. The number of likely N-dealkylation sites (tertiary alicyclic amines) is 1. The molecule has 0 aliphatic carbocycles. The summed E-state index contributed by atoms with van der Waals surface area (Å²) in [6, 6.07) is 5.72. The molecular weight excluding hydrogens is 392 g/mol. The zero-order valence-electron chi connectivity index (χ0n) is 14.2. The quantitative estimate of drug-likeness (QED) is 0.752. The van der Waals surface area contributed by atoms with Crippen LogP contribution >= 0.6 is 27.5 Å². The Balaban J connectivity index is 1.69. The fourth-order valence-corrected chi connectivity index (χ4v) is 4.60. The number of morpholine rings is 1. The average Bonchev–Trinajstić information content (AvgIpc) is 2.93. The van der Waals surface area contributed by atoms with Gasteiger partial charge in [0.05, 0.1) is 22.8 Å². The molecule has 132 valence electrons. The molecule has 24 heavy (non-hydrogen) atoms. The summed E-state index contributed by atoms with van der Waals surface area (Å²) >= 11 is 9.67. The van der Waals surface area contributed by atoms with Gasteiger partial charge in [-0.3, -0.25) is 9.69 Å². The van der Waals surface area contributed by atoms with Gasteiger partial charge in [-0.15, -0.1) is 0 Å². The number of carbonyl (C=O) groups excluding carboxylic acids is 1. The summed E-state index contributed by atoms with van der Waals surface area (Å²) < 4.78 is 6.69. The van der Waals surface area contributed by atoms with E-state index in [9.17, 15) is 4.79 Å². The Hall–Kier alpha value is -0.620. The highest BCUT2D eigenvalue weighted by Gasteiger charge is 2.33. The van der Waals surface area contributed by atoms with Crippen LogP contribution in [-0.2, 0) is 4.74 Å². The first-order chi connectivity index (χ1) is 11.4. The minimum atomic E-state index is 0.0457. The van der Waals surface area contributed by atoms with E-state index in [0.717, 1.165) is 43.5 Å². The second-order valence-corrected chi connectivity index (χ2v) is 8.22. The number of benzene rings is 1. The molecule has 2 heterocycles. The fourth-order valence-electron chi connectivity index (χ4n) is 3.84. The molecule has 0 N–H and O–H groups in total. The molecular formula is C18H24BrClN2O2. The molecule has 3 rings (SSSR count). The monoisotopic (exact) mass is 414 g/mol. The molecule has 3 atom stereocenters. The molecule has 3 unspecified atom stereocenters. The molecule has 0 aromatic heterocycles. The molecule has 0 radical (unpaired) electrons. The number of nitrogens with zero attached hydrogens (tertiary/aromatic N) is 2. The molecule has 1 aromatic rings. The smallest absolute Gasteiger partial charge is 0.255 e. The lowest BCUT2D eigenvalue weighted by Crippen LogP contribution is -2.50. The van der Waals surface area contributed by atoms with E-state index in [2.05, 4.69) is 34.7 Å². The molecule has 1 amide bonds. The largest absolute Gasteiger partial charge is 0.373 e. The predicted molar refractivity (Wildman–Crippen MR) is 99.7 cm³/mol. The van der Waals surface area contributed by atoms with Crippen LogP contribution in [0.5, 0.6) is 0 Å². The highest BCUT2D eigenvalue weighted by molar-refractivity contribution is 9.10. The summed E-state index contributed by atoms with van der Waals surface area (Å²) in [5.74, 6) is 0.0457. The van der Waals surface area contributed by atoms with E-state index < -0.39 is 0 Å². The second-order valence-electron chi connectivity index (χ2n) is 6.89. The van der Waals surface area contributed by atoms with E-state index in [4.69, 9.17) is 16.3 Å². The molecule has 0 bridgehead atoms. The third kappa shape index (κ3) is 4.13. The summed E-state index contributed by atoms with van der Waals surface area (Å²) in [5, 5.41) is 0.508. The van der Waals surface area contributed by atoms with Crippen molar-refractivity contribution in [2.24, 2.45) is 0 Å². The topological polar surface area (TPSA) is 32.8 Å². The van der Waals surface area contributed by atoms with E-state index in [1.807, 2.05) is 17.0 Å². The maximum atomic E-state index is 12.9. The Morgan fingerprint density at radius 3 is 2.71 bits per heavy atom. The van der Waals surface area contributed by atoms with E-state index in [0.29, 0.717) is 10.6 Å². The Morgan fingerprint density at radius 2 is 2.04 bits per heavy atom. The maximum Gasteiger partial charge on any atom is 0.255 e. The van der Waals surface area contributed by atoms with E-state index in [1.54, 1.807) is 6.07 Å². The van der Waals surface area contributed by atoms with Crippen LogP contribution in [0.1, 0.15) is 37.0 Å². The molecule has 2 saturated heterocycles. The normalized spacial score (nSPS) is 28.3. The Bertz CT molecular complexity index is 603. The van der Waals surface area contributed by atoms with Gasteiger partial charge in [0.15, 0.2) is 0 Å². The predicted octanol–water partition coefficient (Wildman–Crippen LogP) is 3.82. The van der Waals surface area contributed by atoms with Gasteiger partial charge in [-0.1, -0.05) is 27.5 Å². The van der Waals surface area contributed by atoms with Crippen molar-refractivity contribution in [1.82, 2.24) is 9.80 Å². The lowest BCUT2D eigenvalue weighted by atomic mass is 10.1. The third-order valence-corrected chi connectivity index (χ3v) is 5.57. The van der Waals surface area contributed by atoms with E-state index >= 15 is 0 Å². The number of hydrogen-bond donors (Lipinski definition) is 0. The minimum Gasteiger partial charge on any atom is -0.373 e. The van der Waals surface area contributed by atoms with Gasteiger partial charge in [-0.2, -0.15) is 0 Å². The van der Waals surface area contributed by atoms with Gasteiger partial charge in [0.25, 0.3) is 5.91 Å². The van der Waals surface area contributed by atoms with Gasteiger partial charge in [0, 0.05) is 36.7 Å². The van der Waals surface area contributed by atoms with Crippen molar-refractivity contribution in [3.05, 3.63) is 33.3 Å². The molecule has 2 fully saturated rings. The van der Waals surface area contributed by atoms with Crippen LogP contribution in [-0.4, -0.2) is 60.1 Å². The number of ether oxygens (including phenoxy) is 1. The van der Waals surface area contributed by atoms with Crippen molar-refractivity contribution in [3.63, 3.8) is 0 Å². The molecule has 6 heteroatoms. The highest BCUT2D eigenvalue weighted by atomic mass is 79.9. The van der Waals surface area contributed by atoms with Crippen molar-refractivity contribution in [3.8, 4) is 0 Å². The van der Waals surface area contributed by atoms with Crippen LogP contribution in [0.25, 0.3) is 0 Å². The van der Waals surface area contributed by atoms with E-state index in [1.165, 1.54) is 0 Å². The Labute approximate surface area is 157 Å². The minimum absolute atomic E-state index is 0.0457. The van der Waals surface area contributed by atoms with Crippen LogP contribution < -0.4 is 0 Å². The SMILES string of the molecule is CC1CN(CC2CCCN2C(=O)c2ccc(Br)cc2Cl)CC(C)O1. The first-order valence-electron chi connectivity index (χ1n) is 8.58. The Morgan fingerprint density at radius 1 is 1.33 bits per heavy atom. The lowest BCUT2D eigenvalue weighted by Gasteiger charge is -2.38. The van der Waals surface area contributed by atoms with Crippen LogP contribution in [0.3, 0.4) is 0 Å². The van der Waals surface area contributed by atoms with Crippen molar-refractivity contribution in [2.75, 3.05) is 26.2 Å². The highest BCUT2D eigenvalue weighted by Crippen LogP contribution is 2.27. The van der Waals surface area contributed by atoms with Gasteiger partial charge >= 0.3 is 0 Å². The molecule has 0 saturated carbocycles. The van der Waals surface area contributed by atoms with Gasteiger partial charge < -0.3 is 9.64 Å². The lowest BCUT2D eigenvalue weighted by molar-refractivity contribution is -0.0715. The molecule has 2 aliphatic rings. The van der Waals surface area contributed by atoms with Gasteiger partial charge in [0.2, 0.25) is 0 Å². The van der Waals surface area contributed by atoms with Crippen molar-refractivity contribution in [1.29, 1.82) is 0 Å². The van der Waals surface area contributed by atoms with Crippen LogP contribution in [0.2, 0.25) is 5.02 Å². The second kappa shape index (κ2) is 7.73. The molecule has 2 aliphatic heterocycles. The Kier molecular flexibility index (Phi) is 5.85.